The van der Waals surface area contributed by atoms with Gasteiger partial charge >= 0.3 is 8.60 Å². The third-order valence-corrected chi connectivity index (χ3v) is 5.18. The minimum atomic E-state index is -1.96. The van der Waals surface area contributed by atoms with Crippen molar-refractivity contribution in [1.29, 1.82) is 0 Å². The fraction of sp³-hybridized carbons (Fsp3) is 0.429. The molecule has 1 atom stereocenters. The van der Waals surface area contributed by atoms with Gasteiger partial charge in [-0.1, -0.05) is 62.4 Å². The molecule has 0 bridgehead atoms. The molecule has 0 aromatic heterocycles. The smallest absolute Gasteiger partial charge is 0.333 e. The van der Waals surface area contributed by atoms with E-state index in [4.69, 9.17) is 13.8 Å². The molecule has 5 heteroatoms. The van der Waals surface area contributed by atoms with Crippen LogP contribution in [0, 0.1) is 5.92 Å². The zero-order valence-electron chi connectivity index (χ0n) is 15.4. The van der Waals surface area contributed by atoms with Gasteiger partial charge in [-0.25, -0.2) is 0 Å². The van der Waals surface area contributed by atoms with Crippen LogP contribution in [0.4, 0.5) is 0 Å². The third-order valence-electron chi connectivity index (χ3n) is 4.51. The van der Waals surface area contributed by atoms with Crippen molar-refractivity contribution in [1.82, 2.24) is 0 Å². The summed E-state index contributed by atoms with van der Waals surface area (Å²) >= 11 is 0. The molecular formula is C21H27O4P. The van der Waals surface area contributed by atoms with E-state index in [1.807, 2.05) is 30.3 Å². The zero-order chi connectivity index (χ0) is 18.4. The Labute approximate surface area is 157 Å². The summed E-state index contributed by atoms with van der Waals surface area (Å²) in [5.74, 6) is 2.06. The summed E-state index contributed by atoms with van der Waals surface area (Å²) < 4.78 is 16.7. The van der Waals surface area contributed by atoms with Crippen LogP contribution in [0.3, 0.4) is 0 Å². The predicted molar refractivity (Wildman–Crippen MR) is 104 cm³/mol. The summed E-state index contributed by atoms with van der Waals surface area (Å²) in [7, 11) is -1.96. The van der Waals surface area contributed by atoms with Crippen LogP contribution in [0.1, 0.15) is 49.3 Å². The number of para-hydroxylation sites is 1. The molecule has 0 heterocycles. The second kappa shape index (κ2) is 9.48. The Morgan fingerprint density at radius 3 is 2.50 bits per heavy atom. The van der Waals surface area contributed by atoms with Crippen molar-refractivity contribution in [2.45, 2.75) is 45.6 Å². The highest BCUT2D eigenvalue weighted by Gasteiger charge is 2.24. The Hall–Kier alpha value is -1.45. The van der Waals surface area contributed by atoms with Gasteiger partial charge in [0.15, 0.2) is 6.79 Å². The number of rotatable bonds is 10. The first-order valence-corrected chi connectivity index (χ1v) is 10.3. The lowest BCUT2D eigenvalue weighted by Crippen LogP contribution is -2.07. The fourth-order valence-corrected chi connectivity index (χ4v) is 3.38. The van der Waals surface area contributed by atoms with Gasteiger partial charge in [0.25, 0.3) is 0 Å². The highest BCUT2D eigenvalue weighted by atomic mass is 31.2. The van der Waals surface area contributed by atoms with Gasteiger partial charge in [-0.05, 0) is 47.8 Å². The summed E-state index contributed by atoms with van der Waals surface area (Å²) in [5, 5.41) is 0. The van der Waals surface area contributed by atoms with Gasteiger partial charge in [0.05, 0.1) is 6.61 Å². The molecule has 1 aliphatic carbocycles. The van der Waals surface area contributed by atoms with Crippen molar-refractivity contribution >= 4 is 8.60 Å². The quantitative estimate of drug-likeness (QED) is 0.437. The molecular weight excluding hydrogens is 347 g/mol. The fourth-order valence-electron chi connectivity index (χ4n) is 2.90. The molecule has 2 aromatic carbocycles. The number of benzene rings is 2. The largest absolute Gasteiger partial charge is 0.466 e. The molecule has 0 saturated heterocycles. The Bertz CT molecular complexity index is 686. The maximum Gasteiger partial charge on any atom is 0.333 e. The van der Waals surface area contributed by atoms with Gasteiger partial charge in [0, 0.05) is 0 Å². The van der Waals surface area contributed by atoms with Crippen molar-refractivity contribution in [3.05, 3.63) is 65.2 Å². The summed E-state index contributed by atoms with van der Waals surface area (Å²) in [4.78, 5) is 9.93. The Morgan fingerprint density at radius 1 is 1.04 bits per heavy atom. The normalized spacial score (nSPS) is 15.2. The summed E-state index contributed by atoms with van der Waals surface area (Å²) in [5.41, 5.74) is 3.41. The lowest BCUT2D eigenvalue weighted by atomic mass is 9.97. The third kappa shape index (κ3) is 5.78. The van der Waals surface area contributed by atoms with Crippen LogP contribution < -0.4 is 4.74 Å². The molecule has 0 amide bonds. The lowest BCUT2D eigenvalue weighted by molar-refractivity contribution is 0.0879. The lowest BCUT2D eigenvalue weighted by Gasteiger charge is -2.19. The SMILES string of the molecule is CC(C)c1cccc(CC2CC2)c1OCOP(O)OCc1ccccc1. The second-order valence-corrected chi connectivity index (χ2v) is 8.02. The minimum Gasteiger partial charge on any atom is -0.466 e. The van der Waals surface area contributed by atoms with E-state index in [2.05, 4.69) is 32.0 Å². The zero-order valence-corrected chi connectivity index (χ0v) is 16.3. The van der Waals surface area contributed by atoms with Crippen LogP contribution in [0.15, 0.2) is 48.5 Å². The van der Waals surface area contributed by atoms with Crippen molar-refractivity contribution in [2.75, 3.05) is 6.79 Å². The molecule has 4 nitrogen and oxygen atoms in total. The van der Waals surface area contributed by atoms with E-state index in [1.165, 1.54) is 24.0 Å². The molecule has 1 fully saturated rings. The van der Waals surface area contributed by atoms with Crippen LogP contribution >= 0.6 is 8.60 Å². The van der Waals surface area contributed by atoms with Gasteiger partial charge in [-0.2, -0.15) is 0 Å². The Morgan fingerprint density at radius 2 is 1.81 bits per heavy atom. The molecule has 1 saturated carbocycles. The molecule has 0 radical (unpaired) electrons. The minimum absolute atomic E-state index is 0.0155. The first-order chi connectivity index (χ1) is 12.6. The summed E-state index contributed by atoms with van der Waals surface area (Å²) in [6.07, 6.45) is 3.66. The maximum absolute atomic E-state index is 9.93. The molecule has 1 aliphatic rings. The van der Waals surface area contributed by atoms with E-state index in [9.17, 15) is 4.89 Å². The van der Waals surface area contributed by atoms with Gasteiger partial charge in [0.1, 0.15) is 5.75 Å². The van der Waals surface area contributed by atoms with Crippen molar-refractivity contribution in [3.63, 3.8) is 0 Å². The predicted octanol–water partition coefficient (Wildman–Crippen LogP) is 5.55. The topological polar surface area (TPSA) is 47.9 Å². The molecule has 140 valence electrons. The number of ether oxygens (including phenoxy) is 1. The van der Waals surface area contributed by atoms with Gasteiger partial charge in [0.2, 0.25) is 0 Å². The highest BCUT2D eigenvalue weighted by molar-refractivity contribution is 7.40. The number of hydrogen-bond donors (Lipinski definition) is 1. The molecule has 0 spiro atoms. The van der Waals surface area contributed by atoms with E-state index >= 15 is 0 Å². The summed E-state index contributed by atoms with van der Waals surface area (Å²) in [6, 6.07) is 16.0. The van der Waals surface area contributed by atoms with Crippen LogP contribution in [0.25, 0.3) is 0 Å². The molecule has 2 aromatic rings. The standard InChI is InChI=1S/C21H27O4P/c1-16(2)20-10-6-9-19(13-17-11-12-17)21(20)23-15-25-26(22)24-14-18-7-4-3-5-8-18/h3-10,16-17,22H,11-15H2,1-2H3. The van der Waals surface area contributed by atoms with Gasteiger partial charge in [-0.3, -0.25) is 4.52 Å². The average molecular weight is 374 g/mol. The Kier molecular flexibility index (Phi) is 7.04. The van der Waals surface area contributed by atoms with E-state index in [0.29, 0.717) is 12.5 Å². The van der Waals surface area contributed by atoms with E-state index in [-0.39, 0.29) is 6.79 Å². The Balaban J connectivity index is 1.53. The van der Waals surface area contributed by atoms with E-state index in [0.717, 1.165) is 23.7 Å². The number of hydrogen-bond acceptors (Lipinski definition) is 4. The van der Waals surface area contributed by atoms with Crippen molar-refractivity contribution < 1.29 is 18.7 Å². The van der Waals surface area contributed by atoms with Crippen LogP contribution in [-0.2, 0) is 22.1 Å². The van der Waals surface area contributed by atoms with Gasteiger partial charge < -0.3 is 14.2 Å². The maximum atomic E-state index is 9.93. The second-order valence-electron chi connectivity index (χ2n) is 7.03. The first-order valence-electron chi connectivity index (χ1n) is 9.17. The van der Waals surface area contributed by atoms with Gasteiger partial charge in [-0.15, -0.1) is 0 Å². The molecule has 1 unspecified atom stereocenters. The molecule has 1 N–H and O–H groups in total. The summed E-state index contributed by atoms with van der Waals surface area (Å²) in [6.45, 7) is 4.62. The average Bonchev–Trinajstić information content (AvgIpc) is 3.46. The van der Waals surface area contributed by atoms with Crippen LogP contribution in [-0.4, -0.2) is 11.7 Å². The molecule has 0 aliphatic heterocycles. The van der Waals surface area contributed by atoms with Crippen molar-refractivity contribution in [2.24, 2.45) is 5.92 Å². The van der Waals surface area contributed by atoms with Crippen molar-refractivity contribution in [3.8, 4) is 5.75 Å². The van der Waals surface area contributed by atoms with Crippen LogP contribution in [0.5, 0.6) is 5.75 Å². The highest BCUT2D eigenvalue weighted by Crippen LogP contribution is 2.39. The van der Waals surface area contributed by atoms with Crippen LogP contribution in [0.2, 0.25) is 0 Å². The molecule has 26 heavy (non-hydrogen) atoms. The monoisotopic (exact) mass is 374 g/mol. The van der Waals surface area contributed by atoms with E-state index < -0.39 is 8.60 Å². The molecule has 3 rings (SSSR count). The first kappa shape index (κ1) is 19.3. The van der Waals surface area contributed by atoms with E-state index in [1.54, 1.807) is 0 Å².